The van der Waals surface area contributed by atoms with Gasteiger partial charge in [0.05, 0.1) is 5.56 Å². The van der Waals surface area contributed by atoms with Crippen molar-refractivity contribution in [3.8, 4) is 5.88 Å². The Bertz CT molecular complexity index is 494. The topological polar surface area (TPSA) is 39.2 Å². The molecule has 0 bridgehead atoms. The van der Waals surface area contributed by atoms with E-state index in [-0.39, 0.29) is 5.33 Å². The van der Waals surface area contributed by atoms with Crippen LogP contribution in [0.4, 0.5) is 22.0 Å². The van der Waals surface area contributed by atoms with Gasteiger partial charge in [0.1, 0.15) is 0 Å². The van der Waals surface area contributed by atoms with Gasteiger partial charge in [-0.3, -0.25) is 4.79 Å². The van der Waals surface area contributed by atoms with Crippen LogP contribution < -0.4 is 4.74 Å². The smallest absolute Gasteiger partial charge is 0.388 e. The van der Waals surface area contributed by atoms with E-state index in [1.807, 2.05) is 0 Å². The number of rotatable bonds is 4. The molecule has 0 spiro atoms. The number of pyridine rings is 1. The van der Waals surface area contributed by atoms with Gasteiger partial charge in [-0.05, 0) is 11.6 Å². The minimum atomic E-state index is -5.07. The first kappa shape index (κ1) is 16.1. The molecular formula is C9H4BrClF5NO2. The number of carbonyl (C=O) groups is 1. The van der Waals surface area contributed by atoms with Gasteiger partial charge >= 0.3 is 6.36 Å². The second kappa shape index (κ2) is 6.00. The van der Waals surface area contributed by atoms with E-state index in [9.17, 15) is 26.7 Å². The van der Waals surface area contributed by atoms with E-state index in [0.717, 1.165) is 0 Å². The molecule has 1 aromatic rings. The molecule has 0 N–H and O–H groups in total. The summed E-state index contributed by atoms with van der Waals surface area (Å²) >= 11 is 7.90. The zero-order valence-corrected chi connectivity index (χ0v) is 11.1. The third kappa shape index (κ3) is 4.00. The average Bonchev–Trinajstić information content (AvgIpc) is 2.25. The number of aromatic nitrogens is 1. The molecule has 3 nitrogen and oxygen atoms in total. The van der Waals surface area contributed by atoms with Crippen molar-refractivity contribution in [2.75, 3.05) is 0 Å². The molecule has 0 aliphatic heterocycles. The van der Waals surface area contributed by atoms with Gasteiger partial charge in [0, 0.05) is 22.7 Å². The molecule has 0 saturated carbocycles. The molecule has 0 aliphatic rings. The minimum Gasteiger partial charge on any atom is -0.388 e. The fraction of sp³-hybridized carbons (Fsp3) is 0.333. The normalized spacial score (nSPS) is 11.8. The van der Waals surface area contributed by atoms with Crippen molar-refractivity contribution in [2.24, 2.45) is 0 Å². The van der Waals surface area contributed by atoms with Gasteiger partial charge in [0.25, 0.3) is 11.7 Å². The summed E-state index contributed by atoms with van der Waals surface area (Å²) in [4.78, 5) is 14.3. The van der Waals surface area contributed by atoms with Crippen LogP contribution in [0.1, 0.15) is 27.9 Å². The Labute approximate surface area is 116 Å². The molecule has 0 unspecified atom stereocenters. The number of alkyl halides is 6. The second-order valence-electron chi connectivity index (χ2n) is 3.13. The molecule has 0 atom stereocenters. The third-order valence-corrected chi connectivity index (χ3v) is 2.70. The monoisotopic (exact) mass is 367 g/mol. The lowest BCUT2D eigenvalue weighted by Crippen LogP contribution is -2.20. The minimum absolute atomic E-state index is 0.361. The predicted octanol–water partition coefficient (Wildman–Crippen LogP) is 4.19. The fourth-order valence-corrected chi connectivity index (χ4v) is 2.01. The number of carbonyl (C=O) groups excluding carboxylic acids is 1. The van der Waals surface area contributed by atoms with Gasteiger partial charge in [0.15, 0.2) is 0 Å². The molecule has 0 radical (unpaired) electrons. The molecular weight excluding hydrogens is 364 g/mol. The Morgan fingerprint density at radius 1 is 1.47 bits per heavy atom. The molecule has 1 heterocycles. The summed E-state index contributed by atoms with van der Waals surface area (Å²) in [5.74, 6) is -1.00. The molecule has 0 saturated heterocycles. The predicted molar refractivity (Wildman–Crippen MR) is 58.7 cm³/mol. The van der Waals surface area contributed by atoms with Gasteiger partial charge in [-0.1, -0.05) is 15.9 Å². The molecule has 1 rings (SSSR count). The van der Waals surface area contributed by atoms with E-state index in [1.165, 1.54) is 0 Å². The maximum absolute atomic E-state index is 12.6. The van der Waals surface area contributed by atoms with Crippen LogP contribution >= 0.6 is 27.5 Å². The zero-order chi connectivity index (χ0) is 14.8. The molecule has 10 heteroatoms. The standard InChI is InChI=1S/C9H4BrClF5NO2/c10-1-3-5(6(11)18)4(7(12)13)2-17-8(3)19-9(14,15)16/h2,7H,1H2. The highest BCUT2D eigenvalue weighted by Gasteiger charge is 2.34. The van der Waals surface area contributed by atoms with Gasteiger partial charge in [-0.25, -0.2) is 13.8 Å². The summed E-state index contributed by atoms with van der Waals surface area (Å²) in [5.41, 5.74) is -2.10. The van der Waals surface area contributed by atoms with Crippen LogP contribution in [0.25, 0.3) is 0 Å². The second-order valence-corrected chi connectivity index (χ2v) is 4.03. The average molecular weight is 368 g/mol. The quantitative estimate of drug-likeness (QED) is 0.454. The first-order valence-corrected chi connectivity index (χ1v) is 5.98. The van der Waals surface area contributed by atoms with Crippen molar-refractivity contribution in [3.05, 3.63) is 22.9 Å². The van der Waals surface area contributed by atoms with Gasteiger partial charge < -0.3 is 4.74 Å². The fourth-order valence-electron chi connectivity index (χ4n) is 1.27. The number of ether oxygens (including phenoxy) is 1. The Hall–Kier alpha value is -0.960. The van der Waals surface area contributed by atoms with Crippen molar-refractivity contribution in [1.29, 1.82) is 0 Å². The lowest BCUT2D eigenvalue weighted by atomic mass is 10.1. The number of nitrogens with zero attached hydrogens (tertiary/aromatic N) is 1. The Morgan fingerprint density at radius 3 is 2.42 bits per heavy atom. The van der Waals surface area contributed by atoms with E-state index in [0.29, 0.717) is 6.20 Å². The van der Waals surface area contributed by atoms with E-state index in [2.05, 4.69) is 25.7 Å². The molecule has 0 aliphatic carbocycles. The molecule has 19 heavy (non-hydrogen) atoms. The van der Waals surface area contributed by atoms with Gasteiger partial charge in [0.2, 0.25) is 5.88 Å². The van der Waals surface area contributed by atoms with E-state index in [1.54, 1.807) is 0 Å². The van der Waals surface area contributed by atoms with Gasteiger partial charge in [-0.2, -0.15) is 0 Å². The van der Waals surface area contributed by atoms with Crippen molar-refractivity contribution >= 4 is 32.8 Å². The maximum atomic E-state index is 12.6. The Balaban J connectivity index is 3.45. The van der Waals surface area contributed by atoms with Crippen molar-refractivity contribution in [3.63, 3.8) is 0 Å². The summed E-state index contributed by atoms with van der Waals surface area (Å²) in [6, 6.07) is 0. The molecule has 106 valence electrons. The SMILES string of the molecule is O=C(Cl)c1c(C(F)F)cnc(OC(F)(F)F)c1CBr. The zero-order valence-electron chi connectivity index (χ0n) is 8.77. The Kier molecular flexibility index (Phi) is 5.08. The molecule has 0 amide bonds. The van der Waals surface area contributed by atoms with Crippen LogP contribution in [0.15, 0.2) is 6.20 Å². The van der Waals surface area contributed by atoms with Gasteiger partial charge in [-0.15, -0.1) is 13.2 Å². The third-order valence-electron chi connectivity index (χ3n) is 1.95. The summed E-state index contributed by atoms with van der Waals surface area (Å²) in [6.07, 6.45) is -7.75. The van der Waals surface area contributed by atoms with Crippen LogP contribution in [-0.4, -0.2) is 16.6 Å². The first-order chi connectivity index (χ1) is 8.67. The Morgan fingerprint density at radius 2 is 2.05 bits per heavy atom. The number of halogens is 7. The summed E-state index contributed by atoms with van der Waals surface area (Å²) < 4.78 is 65.2. The first-order valence-electron chi connectivity index (χ1n) is 4.48. The number of hydrogen-bond donors (Lipinski definition) is 0. The number of hydrogen-bond acceptors (Lipinski definition) is 3. The lowest BCUT2D eigenvalue weighted by molar-refractivity contribution is -0.276. The summed E-state index contributed by atoms with van der Waals surface area (Å²) in [5, 5.41) is -1.68. The van der Waals surface area contributed by atoms with E-state index < -0.39 is 40.6 Å². The van der Waals surface area contributed by atoms with Crippen LogP contribution in [-0.2, 0) is 5.33 Å². The lowest BCUT2D eigenvalue weighted by Gasteiger charge is -2.15. The van der Waals surface area contributed by atoms with Crippen LogP contribution in [0, 0.1) is 0 Å². The van der Waals surface area contributed by atoms with E-state index >= 15 is 0 Å². The van der Waals surface area contributed by atoms with Crippen LogP contribution in [0.2, 0.25) is 0 Å². The van der Waals surface area contributed by atoms with Crippen molar-refractivity contribution < 1.29 is 31.5 Å². The highest BCUT2D eigenvalue weighted by Crippen LogP contribution is 2.34. The largest absolute Gasteiger partial charge is 0.574 e. The maximum Gasteiger partial charge on any atom is 0.574 e. The van der Waals surface area contributed by atoms with Crippen molar-refractivity contribution in [1.82, 2.24) is 4.98 Å². The summed E-state index contributed by atoms with van der Waals surface area (Å²) in [7, 11) is 0. The summed E-state index contributed by atoms with van der Waals surface area (Å²) in [6.45, 7) is 0. The van der Waals surface area contributed by atoms with E-state index in [4.69, 9.17) is 11.6 Å². The highest BCUT2D eigenvalue weighted by molar-refractivity contribution is 9.08. The highest BCUT2D eigenvalue weighted by atomic mass is 79.9. The molecule has 0 fully saturated rings. The molecule has 0 aromatic carbocycles. The van der Waals surface area contributed by atoms with Crippen LogP contribution in [0.3, 0.4) is 0 Å². The molecule has 1 aromatic heterocycles. The van der Waals surface area contributed by atoms with Crippen molar-refractivity contribution in [2.45, 2.75) is 18.1 Å². The van der Waals surface area contributed by atoms with Crippen LogP contribution in [0.5, 0.6) is 5.88 Å².